The van der Waals surface area contributed by atoms with Crippen LogP contribution in [0.15, 0.2) is 194 Å². The Labute approximate surface area is 311 Å². The molecule has 0 spiro atoms. The molecule has 11 aromatic rings. The monoisotopic (exact) mass is 688 g/mol. The average molecular weight is 689 g/mol. The quantitative estimate of drug-likeness (QED) is 0.128. The lowest BCUT2D eigenvalue weighted by Crippen LogP contribution is -1.91. The van der Waals surface area contributed by atoms with Crippen molar-refractivity contribution in [3.05, 3.63) is 194 Å². The lowest BCUT2D eigenvalue weighted by Gasteiger charge is -2.18. The Balaban J connectivity index is 1.10. The highest BCUT2D eigenvalue weighted by atomic mass is 32.1. The highest BCUT2D eigenvalue weighted by Gasteiger charge is 2.18. The third-order valence-corrected chi connectivity index (χ3v) is 12.2. The van der Waals surface area contributed by atoms with E-state index < -0.39 is 0 Å². The van der Waals surface area contributed by atoms with Crippen molar-refractivity contribution in [1.82, 2.24) is 0 Å². The van der Waals surface area contributed by atoms with Gasteiger partial charge in [0.25, 0.3) is 0 Å². The van der Waals surface area contributed by atoms with Crippen LogP contribution in [0.2, 0.25) is 0 Å². The molecule has 0 saturated heterocycles. The summed E-state index contributed by atoms with van der Waals surface area (Å²) in [5.74, 6) is 0. The van der Waals surface area contributed by atoms with Crippen LogP contribution < -0.4 is 0 Å². The summed E-state index contributed by atoms with van der Waals surface area (Å²) in [5.41, 5.74) is 9.94. The second-order valence-electron chi connectivity index (χ2n) is 14.0. The zero-order chi connectivity index (χ0) is 34.9. The fourth-order valence-corrected chi connectivity index (χ4v) is 9.89. The van der Waals surface area contributed by atoms with Gasteiger partial charge >= 0.3 is 0 Å². The van der Waals surface area contributed by atoms with Gasteiger partial charge in [-0.15, -0.1) is 11.3 Å². The van der Waals surface area contributed by atoms with Gasteiger partial charge in [0.15, 0.2) is 0 Å². The molecule has 11 rings (SSSR count). The summed E-state index contributed by atoms with van der Waals surface area (Å²) in [7, 11) is 0. The van der Waals surface area contributed by atoms with E-state index in [1.165, 1.54) is 108 Å². The van der Waals surface area contributed by atoms with Gasteiger partial charge in [0.2, 0.25) is 0 Å². The van der Waals surface area contributed by atoms with E-state index in [9.17, 15) is 0 Å². The first kappa shape index (κ1) is 30.1. The van der Waals surface area contributed by atoms with Gasteiger partial charge in [-0.3, -0.25) is 0 Å². The Morgan fingerprint density at radius 1 is 0.245 bits per heavy atom. The maximum absolute atomic E-state index is 2.42. The van der Waals surface area contributed by atoms with Crippen molar-refractivity contribution in [3.63, 3.8) is 0 Å². The third-order valence-electron chi connectivity index (χ3n) is 11.0. The molecule has 1 heterocycles. The van der Waals surface area contributed by atoms with Crippen LogP contribution in [0.25, 0.3) is 108 Å². The smallest absolute Gasteiger partial charge is 0.0440 e. The Morgan fingerprint density at radius 3 is 1.34 bits per heavy atom. The predicted molar refractivity (Wildman–Crippen MR) is 231 cm³/mol. The Hall–Kier alpha value is -6.54. The van der Waals surface area contributed by atoms with E-state index >= 15 is 0 Å². The van der Waals surface area contributed by atoms with E-state index in [1.54, 1.807) is 0 Å². The molecule has 0 saturated carbocycles. The number of fused-ring (bicyclic) bond motifs is 10. The second kappa shape index (κ2) is 12.0. The van der Waals surface area contributed by atoms with Crippen molar-refractivity contribution >= 4 is 74.6 Å². The molecule has 0 aliphatic rings. The Bertz CT molecular complexity index is 3150. The zero-order valence-electron chi connectivity index (χ0n) is 28.9. The summed E-state index contributed by atoms with van der Waals surface area (Å²) in [6, 6.07) is 71.6. The van der Waals surface area contributed by atoms with Crippen LogP contribution in [0.4, 0.5) is 0 Å². The normalized spacial score (nSPS) is 11.8. The molecule has 0 N–H and O–H groups in total. The Morgan fingerprint density at radius 2 is 0.679 bits per heavy atom. The van der Waals surface area contributed by atoms with Crippen molar-refractivity contribution in [1.29, 1.82) is 0 Å². The van der Waals surface area contributed by atoms with Crippen molar-refractivity contribution in [2.45, 2.75) is 0 Å². The van der Waals surface area contributed by atoms with Gasteiger partial charge in [-0.1, -0.05) is 176 Å². The number of hydrogen-bond acceptors (Lipinski definition) is 1. The molecular formula is C52H32S. The molecule has 0 atom stereocenters. The number of rotatable bonds is 4. The molecule has 0 bridgehead atoms. The molecule has 0 nitrogen and oxygen atoms in total. The predicted octanol–water partition coefficient (Wildman–Crippen LogP) is 15.3. The van der Waals surface area contributed by atoms with Gasteiger partial charge in [-0.25, -0.2) is 0 Å². The SMILES string of the molecule is c1ccc(-c2ccc(-c3c4ccccc4c(-c4cccc(-c5ccc6sc7c8ccccc8c8ccccc8c7c6c5)c4)c4ccccc34)cc2)cc1. The van der Waals surface area contributed by atoms with Gasteiger partial charge in [0.1, 0.15) is 0 Å². The van der Waals surface area contributed by atoms with E-state index in [0.717, 1.165) is 0 Å². The van der Waals surface area contributed by atoms with Crippen molar-refractivity contribution in [2.75, 3.05) is 0 Å². The molecule has 53 heavy (non-hydrogen) atoms. The van der Waals surface area contributed by atoms with E-state index in [2.05, 4.69) is 194 Å². The first-order valence-electron chi connectivity index (χ1n) is 18.3. The summed E-state index contributed by atoms with van der Waals surface area (Å²) in [6.45, 7) is 0. The average Bonchev–Trinajstić information content (AvgIpc) is 3.63. The number of thiophene rings is 1. The van der Waals surface area contributed by atoms with Gasteiger partial charge in [0, 0.05) is 25.6 Å². The standard InChI is InChI=1S/C52H32S/c1-2-13-33(14-3-1)34-25-27-35(28-26-34)49-42-20-7-9-22-44(42)50(45-23-10-8-21-43(45)49)38-16-12-15-36(31-38)37-29-30-48-47(32-37)51-41-19-6-4-17-39(41)40-18-5-11-24-46(40)52(51)53-48/h1-32H. The summed E-state index contributed by atoms with van der Waals surface area (Å²) in [5, 5.41) is 13.1. The summed E-state index contributed by atoms with van der Waals surface area (Å²) in [6.07, 6.45) is 0. The first-order valence-corrected chi connectivity index (χ1v) is 19.1. The Kier molecular flexibility index (Phi) is 6.83. The topological polar surface area (TPSA) is 0 Å². The zero-order valence-corrected chi connectivity index (χ0v) is 29.7. The molecule has 1 heteroatoms. The number of hydrogen-bond donors (Lipinski definition) is 0. The third kappa shape index (κ3) is 4.75. The van der Waals surface area contributed by atoms with Crippen molar-refractivity contribution in [3.8, 4) is 44.5 Å². The van der Waals surface area contributed by atoms with Crippen LogP contribution in [0.1, 0.15) is 0 Å². The summed E-state index contributed by atoms with van der Waals surface area (Å²) < 4.78 is 2.69. The molecule has 246 valence electrons. The van der Waals surface area contributed by atoms with Gasteiger partial charge in [0.05, 0.1) is 0 Å². The molecule has 0 unspecified atom stereocenters. The fourth-order valence-electron chi connectivity index (χ4n) is 8.65. The summed E-state index contributed by atoms with van der Waals surface area (Å²) >= 11 is 1.91. The molecule has 0 aliphatic carbocycles. The molecule has 1 aromatic heterocycles. The lowest BCUT2D eigenvalue weighted by atomic mass is 9.85. The van der Waals surface area contributed by atoms with E-state index in [1.807, 2.05) is 11.3 Å². The largest absolute Gasteiger partial charge is 0.135 e. The molecular weight excluding hydrogens is 657 g/mol. The van der Waals surface area contributed by atoms with Gasteiger partial charge < -0.3 is 0 Å². The fraction of sp³-hybridized carbons (Fsp3) is 0. The van der Waals surface area contributed by atoms with E-state index in [0.29, 0.717) is 0 Å². The molecule has 10 aromatic carbocycles. The van der Waals surface area contributed by atoms with Crippen LogP contribution in [0, 0.1) is 0 Å². The molecule has 0 aliphatic heterocycles. The first-order chi connectivity index (χ1) is 26.3. The van der Waals surface area contributed by atoms with Crippen molar-refractivity contribution in [2.24, 2.45) is 0 Å². The highest BCUT2D eigenvalue weighted by molar-refractivity contribution is 7.27. The van der Waals surface area contributed by atoms with Crippen molar-refractivity contribution < 1.29 is 0 Å². The lowest BCUT2D eigenvalue weighted by molar-refractivity contribution is 1.61. The van der Waals surface area contributed by atoms with E-state index in [-0.39, 0.29) is 0 Å². The maximum Gasteiger partial charge on any atom is 0.0440 e. The van der Waals surface area contributed by atoms with E-state index in [4.69, 9.17) is 0 Å². The van der Waals surface area contributed by atoms with Gasteiger partial charge in [-0.2, -0.15) is 0 Å². The minimum absolute atomic E-state index is 1.22. The second-order valence-corrected chi connectivity index (χ2v) is 15.0. The number of benzene rings is 10. The minimum atomic E-state index is 1.22. The van der Waals surface area contributed by atoms with Crippen LogP contribution in [0.5, 0.6) is 0 Å². The van der Waals surface area contributed by atoms with Crippen LogP contribution in [-0.4, -0.2) is 0 Å². The van der Waals surface area contributed by atoms with Crippen LogP contribution in [-0.2, 0) is 0 Å². The van der Waals surface area contributed by atoms with Crippen LogP contribution >= 0.6 is 11.3 Å². The maximum atomic E-state index is 2.42. The molecule has 0 fully saturated rings. The molecule has 0 amide bonds. The van der Waals surface area contributed by atoms with Crippen LogP contribution in [0.3, 0.4) is 0 Å². The highest BCUT2D eigenvalue weighted by Crippen LogP contribution is 2.47. The van der Waals surface area contributed by atoms with Gasteiger partial charge in [-0.05, 0) is 100 Å². The summed E-state index contributed by atoms with van der Waals surface area (Å²) in [4.78, 5) is 0. The minimum Gasteiger partial charge on any atom is -0.135 e. The molecule has 0 radical (unpaired) electrons.